The molecule has 0 bridgehead atoms. The van der Waals surface area contributed by atoms with E-state index in [-0.39, 0.29) is 5.91 Å². The molecule has 20 heavy (non-hydrogen) atoms. The number of hydrogen-bond acceptors (Lipinski definition) is 2. The summed E-state index contributed by atoms with van der Waals surface area (Å²) in [6, 6.07) is 9.03. The maximum Gasteiger partial charge on any atom is 0.318 e. The second-order valence-electron chi connectivity index (χ2n) is 4.65. The Labute approximate surface area is 117 Å². The molecule has 0 spiro atoms. The largest absolute Gasteiger partial charge is 0.372 e. The average molecular weight is 268 g/mol. The SMILES string of the molecule is CN(C)C1=CC(NC(=O)c2ccccc2)=CCC1=[N+]=[N-]. The van der Waals surface area contributed by atoms with Gasteiger partial charge >= 0.3 is 5.71 Å². The van der Waals surface area contributed by atoms with E-state index in [2.05, 4.69) is 10.1 Å². The van der Waals surface area contributed by atoms with E-state index in [4.69, 9.17) is 5.53 Å². The van der Waals surface area contributed by atoms with E-state index in [0.717, 1.165) is 5.70 Å². The number of nitrogens with zero attached hydrogens (tertiary/aromatic N) is 3. The summed E-state index contributed by atoms with van der Waals surface area (Å²) in [6.07, 6.45) is 4.09. The molecule has 1 aromatic rings. The van der Waals surface area contributed by atoms with Crippen molar-refractivity contribution in [3.05, 3.63) is 65.0 Å². The summed E-state index contributed by atoms with van der Waals surface area (Å²) in [6.45, 7) is 0. The zero-order valence-electron chi connectivity index (χ0n) is 11.5. The van der Waals surface area contributed by atoms with Crippen LogP contribution in [0.5, 0.6) is 0 Å². The van der Waals surface area contributed by atoms with Crippen LogP contribution in [0.1, 0.15) is 16.8 Å². The van der Waals surface area contributed by atoms with Crippen LogP contribution in [0.25, 0.3) is 5.53 Å². The molecular formula is C15H16N4O. The highest BCUT2D eigenvalue weighted by atomic mass is 16.1. The topological polar surface area (TPSA) is 68.7 Å². The van der Waals surface area contributed by atoms with Gasteiger partial charge in [-0.25, -0.2) is 0 Å². The Morgan fingerprint density at radius 2 is 2.00 bits per heavy atom. The van der Waals surface area contributed by atoms with Gasteiger partial charge in [-0.2, -0.15) is 4.79 Å². The van der Waals surface area contributed by atoms with Crippen molar-refractivity contribution in [3.8, 4) is 0 Å². The van der Waals surface area contributed by atoms with Gasteiger partial charge in [0.1, 0.15) is 5.70 Å². The minimum Gasteiger partial charge on any atom is -0.372 e. The summed E-state index contributed by atoms with van der Waals surface area (Å²) in [5.41, 5.74) is 11.6. The van der Waals surface area contributed by atoms with Crippen molar-refractivity contribution < 1.29 is 9.58 Å². The molecule has 0 aromatic heterocycles. The lowest BCUT2D eigenvalue weighted by Gasteiger charge is -2.17. The van der Waals surface area contributed by atoms with Crippen LogP contribution in [0.2, 0.25) is 0 Å². The Kier molecular flexibility index (Phi) is 4.13. The van der Waals surface area contributed by atoms with Crippen LogP contribution in [0.4, 0.5) is 0 Å². The fourth-order valence-corrected chi connectivity index (χ4v) is 1.96. The third-order valence-corrected chi connectivity index (χ3v) is 3.00. The fraction of sp³-hybridized carbons (Fsp3) is 0.200. The van der Waals surface area contributed by atoms with Crippen LogP contribution < -0.4 is 5.32 Å². The molecule has 1 aliphatic rings. The second kappa shape index (κ2) is 5.99. The molecule has 0 unspecified atom stereocenters. The number of benzene rings is 1. The van der Waals surface area contributed by atoms with Crippen molar-refractivity contribution in [3.63, 3.8) is 0 Å². The van der Waals surface area contributed by atoms with Crippen LogP contribution in [-0.2, 0) is 0 Å². The number of carbonyl (C=O) groups excluding carboxylic acids is 1. The van der Waals surface area contributed by atoms with Gasteiger partial charge in [0.25, 0.3) is 5.91 Å². The van der Waals surface area contributed by atoms with E-state index in [1.165, 1.54) is 0 Å². The van der Waals surface area contributed by atoms with Crippen molar-refractivity contribution in [1.29, 1.82) is 0 Å². The monoisotopic (exact) mass is 268 g/mol. The van der Waals surface area contributed by atoms with Gasteiger partial charge in [-0.1, -0.05) is 18.2 Å². The van der Waals surface area contributed by atoms with Gasteiger partial charge in [0.15, 0.2) is 0 Å². The van der Waals surface area contributed by atoms with Crippen LogP contribution in [0, 0.1) is 0 Å². The van der Waals surface area contributed by atoms with Crippen molar-refractivity contribution in [2.75, 3.05) is 14.1 Å². The lowest BCUT2D eigenvalue weighted by Crippen LogP contribution is -2.28. The van der Waals surface area contributed by atoms with E-state index in [0.29, 0.717) is 23.4 Å². The quantitative estimate of drug-likeness (QED) is 0.671. The Bertz CT molecular complexity index is 623. The van der Waals surface area contributed by atoms with Gasteiger partial charge in [0.2, 0.25) is 0 Å². The van der Waals surface area contributed by atoms with E-state index in [1.54, 1.807) is 18.2 Å². The Hall–Kier alpha value is -2.65. The van der Waals surface area contributed by atoms with Gasteiger partial charge in [0.05, 0.1) is 6.42 Å². The first-order valence-corrected chi connectivity index (χ1v) is 6.28. The minimum atomic E-state index is -0.157. The Morgan fingerprint density at radius 3 is 2.60 bits per heavy atom. The lowest BCUT2D eigenvalue weighted by molar-refractivity contribution is -0.00825. The van der Waals surface area contributed by atoms with E-state index in [1.807, 2.05) is 43.3 Å². The normalized spacial score (nSPS) is 14.0. The van der Waals surface area contributed by atoms with Gasteiger partial charge < -0.3 is 15.7 Å². The van der Waals surface area contributed by atoms with Crippen LogP contribution in [0.3, 0.4) is 0 Å². The maximum absolute atomic E-state index is 12.1. The molecule has 0 fully saturated rings. The first kappa shape index (κ1) is 13.8. The first-order chi connectivity index (χ1) is 9.61. The maximum atomic E-state index is 12.1. The predicted octanol–water partition coefficient (Wildman–Crippen LogP) is 1.82. The molecule has 5 heteroatoms. The molecule has 0 saturated heterocycles. The van der Waals surface area contributed by atoms with Crippen molar-refractivity contribution in [1.82, 2.24) is 10.2 Å². The molecule has 102 valence electrons. The number of allylic oxidation sites excluding steroid dienone is 3. The average Bonchev–Trinajstić information content (AvgIpc) is 2.48. The lowest BCUT2D eigenvalue weighted by atomic mass is 10.1. The fourth-order valence-electron chi connectivity index (χ4n) is 1.96. The van der Waals surface area contributed by atoms with Gasteiger partial charge in [-0.05, 0) is 24.3 Å². The molecular weight excluding hydrogens is 252 g/mol. The molecule has 0 radical (unpaired) electrons. The predicted molar refractivity (Wildman–Crippen MR) is 77.0 cm³/mol. The number of carbonyl (C=O) groups is 1. The molecule has 5 nitrogen and oxygen atoms in total. The number of amides is 1. The first-order valence-electron chi connectivity index (χ1n) is 6.28. The molecule has 1 aliphatic carbocycles. The van der Waals surface area contributed by atoms with Gasteiger partial charge in [-0.15, -0.1) is 0 Å². The molecule has 1 aromatic carbocycles. The zero-order valence-corrected chi connectivity index (χ0v) is 11.5. The summed E-state index contributed by atoms with van der Waals surface area (Å²) >= 11 is 0. The molecule has 0 heterocycles. The van der Waals surface area contributed by atoms with Crippen molar-refractivity contribution >= 4 is 11.6 Å². The number of nitrogens with one attached hydrogen (secondary N) is 1. The van der Waals surface area contributed by atoms with E-state index in [9.17, 15) is 4.79 Å². The highest BCUT2D eigenvalue weighted by Crippen LogP contribution is 2.14. The second-order valence-corrected chi connectivity index (χ2v) is 4.65. The summed E-state index contributed by atoms with van der Waals surface area (Å²) in [4.78, 5) is 17.2. The number of hydrogen-bond donors (Lipinski definition) is 1. The highest BCUT2D eigenvalue weighted by molar-refractivity contribution is 5.99. The highest BCUT2D eigenvalue weighted by Gasteiger charge is 2.21. The van der Waals surface area contributed by atoms with E-state index >= 15 is 0 Å². The van der Waals surface area contributed by atoms with Crippen LogP contribution in [-0.4, -0.2) is 35.4 Å². The molecule has 0 aliphatic heterocycles. The van der Waals surface area contributed by atoms with Crippen LogP contribution in [0.15, 0.2) is 53.9 Å². The smallest absolute Gasteiger partial charge is 0.318 e. The molecule has 0 atom stereocenters. The third kappa shape index (κ3) is 3.02. The summed E-state index contributed by atoms with van der Waals surface area (Å²) < 4.78 is 0. The van der Waals surface area contributed by atoms with E-state index < -0.39 is 0 Å². The number of rotatable bonds is 3. The summed E-state index contributed by atoms with van der Waals surface area (Å²) in [5, 5.41) is 2.85. The standard InChI is InChI=1S/C15H16N4O/c1-19(2)14-10-12(8-9-13(14)18-16)17-15(20)11-6-4-3-5-7-11/h3-8,10H,9H2,1-2H3,(H,17,20). The molecule has 1 N–H and O–H groups in total. The third-order valence-electron chi connectivity index (χ3n) is 3.00. The van der Waals surface area contributed by atoms with Crippen molar-refractivity contribution in [2.24, 2.45) is 0 Å². The molecule has 1 amide bonds. The Morgan fingerprint density at radius 1 is 1.30 bits per heavy atom. The van der Waals surface area contributed by atoms with Gasteiger partial charge in [0, 0.05) is 25.4 Å². The van der Waals surface area contributed by atoms with Crippen molar-refractivity contribution in [2.45, 2.75) is 6.42 Å². The zero-order chi connectivity index (χ0) is 14.5. The molecule has 2 rings (SSSR count). The summed E-state index contributed by atoms with van der Waals surface area (Å²) in [5.74, 6) is -0.157. The van der Waals surface area contributed by atoms with Crippen LogP contribution >= 0.6 is 0 Å². The Balaban J connectivity index is 2.17. The minimum absolute atomic E-state index is 0.157. The molecule has 0 saturated carbocycles. The summed E-state index contributed by atoms with van der Waals surface area (Å²) in [7, 11) is 3.72. The van der Waals surface area contributed by atoms with Gasteiger partial charge in [-0.3, -0.25) is 4.79 Å².